The lowest BCUT2D eigenvalue weighted by atomic mass is 9.76. The summed E-state index contributed by atoms with van der Waals surface area (Å²) in [6, 6.07) is 0. The molecule has 0 aliphatic carbocycles. The van der Waals surface area contributed by atoms with Crippen LogP contribution in [0.1, 0.15) is 52.9 Å². The first kappa shape index (κ1) is 16.7. The number of nitrogens with zero attached hydrogens (tertiary/aromatic N) is 1. The molecule has 1 unspecified atom stereocenters. The minimum atomic E-state index is -0.127. The van der Waals surface area contributed by atoms with Crippen LogP contribution >= 0.6 is 0 Å². The van der Waals surface area contributed by atoms with Crippen LogP contribution in [0.4, 0.5) is 0 Å². The van der Waals surface area contributed by atoms with E-state index in [1.165, 1.54) is 0 Å². The number of aliphatic imine (C=N–C) groups is 1. The third-order valence-electron chi connectivity index (χ3n) is 3.14. The lowest BCUT2D eigenvalue weighted by Gasteiger charge is -2.29. The van der Waals surface area contributed by atoms with Gasteiger partial charge in [-0.1, -0.05) is 58.8 Å². The van der Waals surface area contributed by atoms with E-state index in [9.17, 15) is 5.11 Å². The topological polar surface area (TPSA) is 32.6 Å². The Bertz CT molecular complexity index is 328. The quantitative estimate of drug-likeness (QED) is 0.340. The molecular weight excluding hydrogens is 222 g/mol. The maximum atomic E-state index is 9.34. The van der Waals surface area contributed by atoms with E-state index in [0.29, 0.717) is 0 Å². The molecule has 1 atom stereocenters. The van der Waals surface area contributed by atoms with Crippen molar-refractivity contribution in [1.29, 1.82) is 0 Å². The fourth-order valence-electron chi connectivity index (χ4n) is 2.17. The summed E-state index contributed by atoms with van der Waals surface area (Å²) in [5, 5.41) is 9.34. The van der Waals surface area contributed by atoms with Crippen molar-refractivity contribution >= 4 is 5.71 Å². The summed E-state index contributed by atoms with van der Waals surface area (Å²) in [5.74, 6) is -0.127. The van der Waals surface area contributed by atoms with Crippen molar-refractivity contribution in [2.45, 2.75) is 52.9 Å². The minimum absolute atomic E-state index is 0.00403. The average Bonchev–Trinajstić information content (AvgIpc) is 2.31. The number of hydrogen-bond donors (Lipinski definition) is 1. The van der Waals surface area contributed by atoms with Crippen LogP contribution in [0.3, 0.4) is 0 Å². The summed E-state index contributed by atoms with van der Waals surface area (Å²) in [6.45, 7) is 13.7. The van der Waals surface area contributed by atoms with Gasteiger partial charge in [-0.05, 0) is 25.5 Å². The van der Waals surface area contributed by atoms with E-state index in [0.717, 1.165) is 37.8 Å². The molecule has 0 rings (SSSR count). The highest BCUT2D eigenvalue weighted by Crippen LogP contribution is 2.33. The standard InChI is InChI=1S/C16H27NO/c1-6-9-11-15(17-14(4)18)16(5,12-8-3)13-10-7-2/h6,9,11,18H,1,4,7-8,10,12-13H2,2-3,5H3/b11-9-,17-15+. The van der Waals surface area contributed by atoms with Crippen LogP contribution in [0.15, 0.2) is 42.3 Å². The molecule has 0 radical (unpaired) electrons. The van der Waals surface area contributed by atoms with Gasteiger partial charge in [0, 0.05) is 5.41 Å². The van der Waals surface area contributed by atoms with Crippen LogP contribution in [0, 0.1) is 5.41 Å². The van der Waals surface area contributed by atoms with Crippen molar-refractivity contribution < 1.29 is 5.11 Å². The third kappa shape index (κ3) is 5.85. The first-order valence-corrected chi connectivity index (χ1v) is 6.76. The van der Waals surface area contributed by atoms with Crippen molar-refractivity contribution in [2.24, 2.45) is 10.4 Å². The van der Waals surface area contributed by atoms with Gasteiger partial charge in [0.25, 0.3) is 0 Å². The Morgan fingerprint density at radius 3 is 2.39 bits per heavy atom. The van der Waals surface area contributed by atoms with E-state index in [1.807, 2.05) is 12.2 Å². The Morgan fingerprint density at radius 2 is 1.94 bits per heavy atom. The molecule has 0 fully saturated rings. The van der Waals surface area contributed by atoms with Crippen LogP contribution < -0.4 is 0 Å². The van der Waals surface area contributed by atoms with Gasteiger partial charge in [-0.25, -0.2) is 4.99 Å². The van der Waals surface area contributed by atoms with Gasteiger partial charge in [-0.3, -0.25) is 0 Å². The summed E-state index contributed by atoms with van der Waals surface area (Å²) in [5.41, 5.74) is 0.890. The van der Waals surface area contributed by atoms with E-state index in [4.69, 9.17) is 0 Å². The molecule has 0 bridgehead atoms. The molecule has 0 aromatic rings. The lowest BCUT2D eigenvalue weighted by molar-refractivity contribution is 0.369. The predicted molar refractivity (Wildman–Crippen MR) is 81.1 cm³/mol. The smallest absolute Gasteiger partial charge is 0.203 e. The van der Waals surface area contributed by atoms with E-state index >= 15 is 0 Å². The summed E-state index contributed by atoms with van der Waals surface area (Å²) < 4.78 is 0. The molecule has 0 amide bonds. The zero-order valence-electron chi connectivity index (χ0n) is 12.1. The van der Waals surface area contributed by atoms with Crippen LogP contribution in [0.5, 0.6) is 0 Å². The van der Waals surface area contributed by atoms with E-state index < -0.39 is 0 Å². The molecule has 1 N–H and O–H groups in total. The van der Waals surface area contributed by atoms with Gasteiger partial charge in [0.15, 0.2) is 0 Å². The van der Waals surface area contributed by atoms with Gasteiger partial charge in [-0.2, -0.15) is 0 Å². The third-order valence-corrected chi connectivity index (χ3v) is 3.14. The molecule has 0 aliphatic heterocycles. The minimum Gasteiger partial charge on any atom is -0.494 e. The van der Waals surface area contributed by atoms with Crippen LogP contribution in [0.2, 0.25) is 0 Å². The lowest BCUT2D eigenvalue weighted by Crippen LogP contribution is -2.26. The van der Waals surface area contributed by atoms with Gasteiger partial charge in [0.05, 0.1) is 5.71 Å². The number of unbranched alkanes of at least 4 members (excludes halogenated alkanes) is 1. The molecule has 102 valence electrons. The zero-order valence-corrected chi connectivity index (χ0v) is 12.1. The van der Waals surface area contributed by atoms with Crippen molar-refractivity contribution in [3.05, 3.63) is 37.3 Å². The van der Waals surface area contributed by atoms with Gasteiger partial charge in [0.1, 0.15) is 0 Å². The van der Waals surface area contributed by atoms with Crippen molar-refractivity contribution in [2.75, 3.05) is 0 Å². The van der Waals surface area contributed by atoms with Gasteiger partial charge < -0.3 is 5.11 Å². The molecule has 2 nitrogen and oxygen atoms in total. The highest BCUT2D eigenvalue weighted by atomic mass is 16.3. The molecule has 0 spiro atoms. The van der Waals surface area contributed by atoms with Crippen molar-refractivity contribution in [1.82, 2.24) is 0 Å². The van der Waals surface area contributed by atoms with E-state index in [-0.39, 0.29) is 11.3 Å². The Kier molecular flexibility index (Phi) is 8.10. The van der Waals surface area contributed by atoms with Crippen molar-refractivity contribution in [3.8, 4) is 0 Å². The Labute approximate surface area is 112 Å². The fourth-order valence-corrected chi connectivity index (χ4v) is 2.17. The monoisotopic (exact) mass is 249 g/mol. The first-order chi connectivity index (χ1) is 8.50. The highest BCUT2D eigenvalue weighted by Gasteiger charge is 2.27. The SMILES string of the molecule is C=C/C=C\C(=N/C(=C)O)C(C)(CCC)CCCC. The maximum absolute atomic E-state index is 9.34. The molecule has 0 saturated heterocycles. The largest absolute Gasteiger partial charge is 0.494 e. The summed E-state index contributed by atoms with van der Waals surface area (Å²) in [4.78, 5) is 4.20. The van der Waals surface area contributed by atoms with E-state index in [2.05, 4.69) is 38.9 Å². The van der Waals surface area contributed by atoms with E-state index in [1.54, 1.807) is 6.08 Å². The first-order valence-electron chi connectivity index (χ1n) is 6.76. The predicted octanol–water partition coefficient (Wildman–Crippen LogP) is 5.20. The fraction of sp³-hybridized carbons (Fsp3) is 0.562. The maximum Gasteiger partial charge on any atom is 0.203 e. The summed E-state index contributed by atoms with van der Waals surface area (Å²) in [6.07, 6.45) is 11.1. The van der Waals surface area contributed by atoms with Gasteiger partial charge in [-0.15, -0.1) is 0 Å². The molecule has 0 aromatic heterocycles. The van der Waals surface area contributed by atoms with Crippen LogP contribution in [0.25, 0.3) is 0 Å². The average molecular weight is 249 g/mol. The second-order valence-electron chi connectivity index (χ2n) is 4.92. The van der Waals surface area contributed by atoms with Gasteiger partial charge in [0.2, 0.25) is 5.88 Å². The number of aliphatic hydroxyl groups excluding tert-OH is 1. The molecule has 0 heterocycles. The number of allylic oxidation sites excluding steroid dienone is 3. The van der Waals surface area contributed by atoms with Crippen LogP contribution in [-0.4, -0.2) is 10.8 Å². The number of rotatable bonds is 9. The molecule has 0 aromatic carbocycles. The molecule has 0 saturated carbocycles. The van der Waals surface area contributed by atoms with Crippen molar-refractivity contribution in [3.63, 3.8) is 0 Å². The summed E-state index contributed by atoms with van der Waals surface area (Å²) in [7, 11) is 0. The summed E-state index contributed by atoms with van der Waals surface area (Å²) >= 11 is 0. The van der Waals surface area contributed by atoms with Gasteiger partial charge >= 0.3 is 0 Å². The molecular formula is C16H27NO. The Balaban J connectivity index is 5.25. The number of hydrogen-bond acceptors (Lipinski definition) is 2. The molecule has 2 heteroatoms. The second-order valence-corrected chi connectivity index (χ2v) is 4.92. The Morgan fingerprint density at radius 1 is 1.28 bits per heavy atom. The molecule has 18 heavy (non-hydrogen) atoms. The Hall–Kier alpha value is -1.31. The molecule has 0 aliphatic rings. The highest BCUT2D eigenvalue weighted by molar-refractivity contribution is 6.00. The normalized spacial score (nSPS) is 15.6. The number of aliphatic hydroxyl groups is 1. The second kappa shape index (κ2) is 8.73. The van der Waals surface area contributed by atoms with Crippen LogP contribution in [-0.2, 0) is 0 Å². The zero-order chi connectivity index (χ0) is 14.0.